The SMILES string of the molecule is CC1CN(c2ccc([N+](=O)[O-])c3ccccc23)CCN1CCCCN1C(=O)C2CCCN2C1=O. The monoisotopic (exact) mass is 465 g/mol. The van der Waals surface area contributed by atoms with Gasteiger partial charge in [-0.05, 0) is 51.3 Å². The lowest BCUT2D eigenvalue weighted by Crippen LogP contribution is -2.52. The number of unbranched alkanes of at least 4 members (excludes halogenated alkanes) is 1. The minimum atomic E-state index is -0.320. The third-order valence-corrected chi connectivity index (χ3v) is 7.54. The maximum Gasteiger partial charge on any atom is 0.327 e. The van der Waals surface area contributed by atoms with Crippen molar-refractivity contribution in [3.8, 4) is 0 Å². The first-order valence-corrected chi connectivity index (χ1v) is 12.2. The Morgan fingerprint density at radius 2 is 1.76 bits per heavy atom. The minimum absolute atomic E-state index is 0.0141. The molecule has 0 radical (unpaired) electrons. The number of non-ortho nitro benzene ring substituents is 1. The van der Waals surface area contributed by atoms with Gasteiger partial charge >= 0.3 is 6.03 Å². The van der Waals surface area contributed by atoms with Crippen LogP contribution in [0.1, 0.15) is 32.6 Å². The van der Waals surface area contributed by atoms with E-state index in [9.17, 15) is 19.7 Å². The third kappa shape index (κ3) is 3.98. The average molecular weight is 466 g/mol. The second-order valence-corrected chi connectivity index (χ2v) is 9.57. The molecule has 2 aromatic carbocycles. The molecule has 3 fully saturated rings. The lowest BCUT2D eigenvalue weighted by Gasteiger charge is -2.41. The quantitative estimate of drug-likeness (QED) is 0.269. The maximum absolute atomic E-state index is 12.5. The molecule has 0 saturated carbocycles. The third-order valence-electron chi connectivity index (χ3n) is 7.54. The predicted octanol–water partition coefficient (Wildman–Crippen LogP) is 3.47. The number of benzene rings is 2. The van der Waals surface area contributed by atoms with Gasteiger partial charge in [-0.15, -0.1) is 0 Å². The molecule has 0 aromatic heterocycles. The Hall–Kier alpha value is -3.20. The predicted molar refractivity (Wildman–Crippen MR) is 130 cm³/mol. The van der Waals surface area contributed by atoms with E-state index in [0.717, 1.165) is 62.9 Å². The van der Waals surface area contributed by atoms with Crippen LogP contribution >= 0.6 is 0 Å². The van der Waals surface area contributed by atoms with Crippen molar-refractivity contribution < 1.29 is 14.5 Å². The smallest absolute Gasteiger partial charge is 0.327 e. The molecule has 2 atom stereocenters. The van der Waals surface area contributed by atoms with Gasteiger partial charge in [0.1, 0.15) is 6.04 Å². The van der Waals surface area contributed by atoms with Crippen molar-refractivity contribution in [2.75, 3.05) is 44.2 Å². The molecular weight excluding hydrogens is 434 g/mol. The number of imide groups is 1. The maximum atomic E-state index is 12.5. The molecule has 3 saturated heterocycles. The fraction of sp³-hybridized carbons (Fsp3) is 0.520. The molecule has 3 amide bonds. The zero-order chi connectivity index (χ0) is 23.8. The van der Waals surface area contributed by atoms with Gasteiger partial charge in [-0.3, -0.25) is 24.7 Å². The zero-order valence-corrected chi connectivity index (χ0v) is 19.6. The van der Waals surface area contributed by atoms with Gasteiger partial charge < -0.3 is 9.80 Å². The van der Waals surface area contributed by atoms with E-state index < -0.39 is 0 Å². The molecule has 0 spiro atoms. The van der Waals surface area contributed by atoms with Crippen molar-refractivity contribution in [2.24, 2.45) is 0 Å². The molecular formula is C25H31N5O4. The fourth-order valence-corrected chi connectivity index (χ4v) is 5.72. The minimum Gasteiger partial charge on any atom is -0.368 e. The molecule has 0 aliphatic carbocycles. The van der Waals surface area contributed by atoms with Crippen LogP contribution in [0.5, 0.6) is 0 Å². The number of urea groups is 1. The number of piperazine rings is 1. The number of carbonyl (C=O) groups excluding carboxylic acids is 2. The number of hydrogen-bond acceptors (Lipinski definition) is 6. The second kappa shape index (κ2) is 9.21. The Labute approximate surface area is 199 Å². The summed E-state index contributed by atoms with van der Waals surface area (Å²) < 4.78 is 0. The largest absolute Gasteiger partial charge is 0.368 e. The topological polar surface area (TPSA) is 90.2 Å². The average Bonchev–Trinajstić information content (AvgIpc) is 3.40. The Morgan fingerprint density at radius 1 is 1.00 bits per heavy atom. The highest BCUT2D eigenvalue weighted by Gasteiger charge is 2.46. The first-order chi connectivity index (χ1) is 16.5. The van der Waals surface area contributed by atoms with Crippen molar-refractivity contribution in [3.63, 3.8) is 0 Å². The van der Waals surface area contributed by atoms with E-state index in [1.54, 1.807) is 11.0 Å². The summed E-state index contributed by atoms with van der Waals surface area (Å²) >= 11 is 0. The molecule has 9 nitrogen and oxygen atoms in total. The van der Waals surface area contributed by atoms with Crippen LogP contribution in [-0.4, -0.2) is 82.9 Å². The Morgan fingerprint density at radius 3 is 2.50 bits per heavy atom. The summed E-state index contributed by atoms with van der Waals surface area (Å²) in [4.78, 5) is 44.0. The van der Waals surface area contributed by atoms with Crippen molar-refractivity contribution in [1.82, 2.24) is 14.7 Å². The highest BCUT2D eigenvalue weighted by Crippen LogP contribution is 2.34. The number of nitro benzene ring substituents is 1. The molecule has 3 aliphatic heterocycles. The van der Waals surface area contributed by atoms with Crippen molar-refractivity contribution in [1.29, 1.82) is 0 Å². The van der Waals surface area contributed by atoms with Gasteiger partial charge in [-0.2, -0.15) is 0 Å². The summed E-state index contributed by atoms with van der Waals surface area (Å²) in [6.07, 6.45) is 3.48. The van der Waals surface area contributed by atoms with Crippen LogP contribution < -0.4 is 4.90 Å². The highest BCUT2D eigenvalue weighted by atomic mass is 16.6. The molecule has 3 heterocycles. The van der Waals surface area contributed by atoms with E-state index in [1.165, 1.54) is 4.90 Å². The summed E-state index contributed by atoms with van der Waals surface area (Å²) in [5.41, 5.74) is 1.18. The van der Waals surface area contributed by atoms with Crippen molar-refractivity contribution >= 4 is 34.1 Å². The molecule has 2 unspecified atom stereocenters. The van der Waals surface area contributed by atoms with Gasteiger partial charge in [-0.1, -0.05) is 18.2 Å². The number of amides is 3. The highest BCUT2D eigenvalue weighted by molar-refractivity contribution is 6.04. The molecule has 180 valence electrons. The fourth-order valence-electron chi connectivity index (χ4n) is 5.72. The summed E-state index contributed by atoms with van der Waals surface area (Å²) in [6.45, 7) is 6.96. The van der Waals surface area contributed by atoms with E-state index in [0.29, 0.717) is 24.5 Å². The molecule has 5 rings (SSSR count). The van der Waals surface area contributed by atoms with E-state index in [1.807, 2.05) is 30.3 Å². The standard InChI is InChI=1S/C25H31N5O4/c1-18-17-27(21-10-11-22(30(33)34)20-8-3-2-7-19(20)21)16-15-26(18)12-4-5-13-29-24(31)23-9-6-14-28(23)25(29)32/h2-3,7-8,10-11,18,23H,4-6,9,12-17H2,1H3. The molecule has 0 N–H and O–H groups in total. The first-order valence-electron chi connectivity index (χ1n) is 12.2. The van der Waals surface area contributed by atoms with Gasteiger partial charge in [0.2, 0.25) is 0 Å². The summed E-state index contributed by atoms with van der Waals surface area (Å²) in [5, 5.41) is 13.0. The summed E-state index contributed by atoms with van der Waals surface area (Å²) in [6, 6.07) is 11.0. The van der Waals surface area contributed by atoms with Gasteiger partial charge in [-0.25, -0.2) is 4.79 Å². The van der Waals surface area contributed by atoms with E-state index >= 15 is 0 Å². The normalized spacial score (nSPS) is 23.3. The van der Waals surface area contributed by atoms with Crippen LogP contribution in [0.2, 0.25) is 0 Å². The molecule has 2 aromatic rings. The number of nitro groups is 1. The molecule has 34 heavy (non-hydrogen) atoms. The van der Waals surface area contributed by atoms with E-state index in [2.05, 4.69) is 16.7 Å². The van der Waals surface area contributed by atoms with Crippen LogP contribution in [0.15, 0.2) is 36.4 Å². The van der Waals surface area contributed by atoms with E-state index in [4.69, 9.17) is 0 Å². The lowest BCUT2D eigenvalue weighted by molar-refractivity contribution is -0.383. The van der Waals surface area contributed by atoms with Crippen LogP contribution in [-0.2, 0) is 4.79 Å². The number of rotatable bonds is 7. The second-order valence-electron chi connectivity index (χ2n) is 9.57. The Bertz CT molecular complexity index is 1100. The number of nitrogens with zero attached hydrogens (tertiary/aromatic N) is 5. The zero-order valence-electron chi connectivity index (χ0n) is 19.6. The van der Waals surface area contributed by atoms with Crippen LogP contribution in [0, 0.1) is 10.1 Å². The number of anilines is 1. The lowest BCUT2D eigenvalue weighted by atomic mass is 10.0. The molecule has 9 heteroatoms. The Kier molecular flexibility index (Phi) is 6.12. The van der Waals surface area contributed by atoms with Crippen LogP contribution in [0.4, 0.5) is 16.2 Å². The van der Waals surface area contributed by atoms with Crippen LogP contribution in [0.3, 0.4) is 0 Å². The first kappa shape index (κ1) is 22.6. The van der Waals surface area contributed by atoms with E-state index in [-0.39, 0.29) is 28.6 Å². The summed E-state index contributed by atoms with van der Waals surface area (Å²) in [7, 11) is 0. The van der Waals surface area contributed by atoms with Gasteiger partial charge in [0.25, 0.3) is 11.6 Å². The van der Waals surface area contributed by atoms with Crippen molar-refractivity contribution in [2.45, 2.75) is 44.7 Å². The van der Waals surface area contributed by atoms with Crippen LogP contribution in [0.25, 0.3) is 10.8 Å². The van der Waals surface area contributed by atoms with Gasteiger partial charge in [0.05, 0.1) is 10.3 Å². The van der Waals surface area contributed by atoms with Gasteiger partial charge in [0.15, 0.2) is 0 Å². The van der Waals surface area contributed by atoms with Gasteiger partial charge in [0, 0.05) is 55.9 Å². The Balaban J connectivity index is 1.16. The van der Waals surface area contributed by atoms with Crippen molar-refractivity contribution in [3.05, 3.63) is 46.5 Å². The number of carbonyl (C=O) groups is 2. The molecule has 0 bridgehead atoms. The summed E-state index contributed by atoms with van der Waals surface area (Å²) in [5.74, 6) is -0.0141. The molecule has 3 aliphatic rings. The number of hydrogen-bond donors (Lipinski definition) is 0. The number of fused-ring (bicyclic) bond motifs is 2.